The highest BCUT2D eigenvalue weighted by atomic mass is 16.5. The van der Waals surface area contributed by atoms with Gasteiger partial charge in [0.25, 0.3) is 0 Å². The second-order valence-electron chi connectivity index (χ2n) is 9.75. The normalized spacial score (nSPS) is 28.7. The Balaban J connectivity index is 1.56. The zero-order chi connectivity index (χ0) is 21.6. The van der Waals surface area contributed by atoms with Gasteiger partial charge in [-0.2, -0.15) is 0 Å². The number of aldehydes is 1. The Bertz CT molecular complexity index is 1030. The summed E-state index contributed by atoms with van der Waals surface area (Å²) in [5.41, 5.74) is 4.65. The second kappa shape index (κ2) is 7.67. The number of hydrogen-bond donors (Lipinski definition) is 1. The molecule has 6 rings (SSSR count). The minimum atomic E-state index is -1.01. The molecule has 1 N–H and O–H groups in total. The lowest BCUT2D eigenvalue weighted by Gasteiger charge is -2.57. The van der Waals surface area contributed by atoms with Crippen molar-refractivity contribution < 1.29 is 19.4 Å². The average molecular weight is 417 g/mol. The largest absolute Gasteiger partial charge is 0.496 e. The second-order valence-corrected chi connectivity index (χ2v) is 9.75. The molecule has 0 radical (unpaired) electrons. The molecule has 4 nitrogen and oxygen atoms in total. The molecule has 0 spiro atoms. The highest BCUT2D eigenvalue weighted by Crippen LogP contribution is 2.62. The van der Waals surface area contributed by atoms with E-state index in [0.717, 1.165) is 47.0 Å². The van der Waals surface area contributed by atoms with E-state index in [1.54, 1.807) is 13.2 Å². The molecule has 4 aliphatic rings. The van der Waals surface area contributed by atoms with E-state index in [1.165, 1.54) is 50.2 Å². The fourth-order valence-corrected chi connectivity index (χ4v) is 6.94. The van der Waals surface area contributed by atoms with Crippen molar-refractivity contribution >= 4 is 18.3 Å². The summed E-state index contributed by atoms with van der Waals surface area (Å²) in [5.74, 6) is 2.47. The molecule has 4 saturated carbocycles. The van der Waals surface area contributed by atoms with Gasteiger partial charge in [0.1, 0.15) is 5.75 Å². The number of carbonyl (C=O) groups excluding carboxylic acids is 1. The number of carbonyl (C=O) groups is 2. The van der Waals surface area contributed by atoms with Crippen molar-refractivity contribution in [2.24, 2.45) is 17.8 Å². The van der Waals surface area contributed by atoms with Crippen LogP contribution in [0.3, 0.4) is 0 Å². The van der Waals surface area contributed by atoms with Gasteiger partial charge in [0.05, 0.1) is 7.11 Å². The third kappa shape index (κ3) is 3.58. The number of carboxylic acid groups (broad SMARTS) is 1. The Kier molecular flexibility index (Phi) is 4.96. The fourth-order valence-electron chi connectivity index (χ4n) is 6.94. The summed E-state index contributed by atoms with van der Waals surface area (Å²) in [6.45, 7) is 0. The number of ether oxygens (including phenoxy) is 1. The number of carboxylic acids is 1. The Hall–Kier alpha value is -2.88. The Morgan fingerprint density at radius 1 is 1.03 bits per heavy atom. The van der Waals surface area contributed by atoms with Gasteiger partial charge in [0.2, 0.25) is 0 Å². The first kappa shape index (κ1) is 20.0. The first-order valence-electron chi connectivity index (χ1n) is 11.2. The van der Waals surface area contributed by atoms with Gasteiger partial charge in [0, 0.05) is 17.2 Å². The molecule has 2 aromatic carbocycles. The van der Waals surface area contributed by atoms with Crippen molar-refractivity contribution in [3.05, 3.63) is 59.2 Å². The van der Waals surface area contributed by atoms with Gasteiger partial charge in [-0.1, -0.05) is 18.2 Å². The number of rotatable bonds is 6. The third-order valence-corrected chi connectivity index (χ3v) is 7.74. The lowest BCUT2D eigenvalue weighted by Crippen LogP contribution is -2.48. The smallest absolute Gasteiger partial charge is 0.328 e. The van der Waals surface area contributed by atoms with E-state index in [4.69, 9.17) is 9.84 Å². The van der Waals surface area contributed by atoms with Crippen molar-refractivity contribution in [2.75, 3.05) is 7.11 Å². The van der Waals surface area contributed by atoms with Gasteiger partial charge in [-0.25, -0.2) is 4.79 Å². The van der Waals surface area contributed by atoms with E-state index in [2.05, 4.69) is 12.1 Å². The van der Waals surface area contributed by atoms with E-state index < -0.39 is 5.97 Å². The Morgan fingerprint density at radius 3 is 2.29 bits per heavy atom. The molecule has 4 bridgehead atoms. The summed E-state index contributed by atoms with van der Waals surface area (Å²) < 4.78 is 5.82. The maximum absolute atomic E-state index is 11.9. The zero-order valence-electron chi connectivity index (χ0n) is 17.8. The van der Waals surface area contributed by atoms with E-state index in [0.29, 0.717) is 11.1 Å². The van der Waals surface area contributed by atoms with Crippen LogP contribution in [0.25, 0.3) is 17.2 Å². The predicted octanol–water partition coefficient (Wildman–Crippen LogP) is 5.74. The summed E-state index contributed by atoms with van der Waals surface area (Å²) in [7, 11) is 1.75. The van der Waals surface area contributed by atoms with Crippen molar-refractivity contribution in [1.82, 2.24) is 0 Å². The number of aliphatic carboxylic acids is 1. The number of methoxy groups -OCH3 is 1. The van der Waals surface area contributed by atoms with Crippen LogP contribution in [0.4, 0.5) is 0 Å². The van der Waals surface area contributed by atoms with Crippen LogP contribution in [0.5, 0.6) is 5.75 Å². The maximum Gasteiger partial charge on any atom is 0.328 e. The standard InChI is InChI=1S/C27H28O4/c1-31-25-6-4-21(23-5-2-17(3-7-26(29)30)11-22(23)16-28)12-24(25)27-13-18-8-19(14-27)10-20(9-18)15-27/h2-7,11-12,16,18-20H,8-10,13-15H2,1H3,(H,29,30)/b7-3+. The molecule has 31 heavy (non-hydrogen) atoms. The van der Waals surface area contributed by atoms with Gasteiger partial charge >= 0.3 is 5.97 Å². The fraction of sp³-hybridized carbons (Fsp3) is 0.407. The molecule has 0 unspecified atom stereocenters. The Morgan fingerprint density at radius 2 is 1.71 bits per heavy atom. The molecule has 160 valence electrons. The highest BCUT2D eigenvalue weighted by molar-refractivity contribution is 5.90. The molecule has 0 aliphatic heterocycles. The van der Waals surface area contributed by atoms with Crippen molar-refractivity contribution in [2.45, 2.75) is 43.9 Å². The molecule has 0 amide bonds. The van der Waals surface area contributed by atoms with E-state index in [9.17, 15) is 9.59 Å². The number of benzene rings is 2. The minimum absolute atomic E-state index is 0.196. The van der Waals surface area contributed by atoms with Gasteiger partial charge in [-0.15, -0.1) is 0 Å². The van der Waals surface area contributed by atoms with Crippen LogP contribution >= 0.6 is 0 Å². The third-order valence-electron chi connectivity index (χ3n) is 7.74. The van der Waals surface area contributed by atoms with Crippen molar-refractivity contribution in [3.8, 4) is 16.9 Å². The lowest BCUT2D eigenvalue weighted by molar-refractivity contribution is -0.131. The summed E-state index contributed by atoms with van der Waals surface area (Å²) in [6.07, 6.45) is 11.4. The topological polar surface area (TPSA) is 63.6 Å². The predicted molar refractivity (Wildman–Crippen MR) is 120 cm³/mol. The van der Waals surface area contributed by atoms with Crippen LogP contribution in [-0.4, -0.2) is 24.5 Å². The first-order valence-corrected chi connectivity index (χ1v) is 11.2. The van der Waals surface area contributed by atoms with Crippen LogP contribution in [0, 0.1) is 17.8 Å². The van der Waals surface area contributed by atoms with E-state index >= 15 is 0 Å². The first-order chi connectivity index (χ1) is 15.0. The lowest BCUT2D eigenvalue weighted by atomic mass is 9.48. The molecule has 4 fully saturated rings. The van der Waals surface area contributed by atoms with Crippen LogP contribution < -0.4 is 4.74 Å². The molecule has 0 heterocycles. The van der Waals surface area contributed by atoms with Gasteiger partial charge < -0.3 is 9.84 Å². The van der Waals surface area contributed by atoms with Crippen LogP contribution in [0.2, 0.25) is 0 Å². The van der Waals surface area contributed by atoms with Crippen LogP contribution in [0.1, 0.15) is 60.0 Å². The van der Waals surface area contributed by atoms with E-state index in [-0.39, 0.29) is 5.41 Å². The van der Waals surface area contributed by atoms with Gasteiger partial charge in [0.15, 0.2) is 6.29 Å². The molecule has 0 saturated heterocycles. The molecule has 2 aromatic rings. The van der Waals surface area contributed by atoms with Gasteiger partial charge in [-0.3, -0.25) is 4.79 Å². The van der Waals surface area contributed by atoms with Crippen molar-refractivity contribution in [1.29, 1.82) is 0 Å². The quantitative estimate of drug-likeness (QED) is 0.482. The highest BCUT2D eigenvalue weighted by Gasteiger charge is 2.52. The SMILES string of the molecule is COc1ccc(-c2ccc(/C=C/C(=O)O)cc2C=O)cc1C12CC3CC(CC(C3)C1)C2. The molecule has 0 atom stereocenters. The monoisotopic (exact) mass is 416 g/mol. The molecule has 4 aliphatic carbocycles. The van der Waals surface area contributed by atoms with Crippen LogP contribution in [0.15, 0.2) is 42.5 Å². The molecule has 4 heteroatoms. The zero-order valence-corrected chi connectivity index (χ0v) is 17.8. The minimum Gasteiger partial charge on any atom is -0.496 e. The summed E-state index contributed by atoms with van der Waals surface area (Å²) in [5, 5.41) is 8.86. The van der Waals surface area contributed by atoms with Crippen LogP contribution in [-0.2, 0) is 10.2 Å². The van der Waals surface area contributed by atoms with Crippen molar-refractivity contribution in [3.63, 3.8) is 0 Å². The summed E-state index contributed by atoms with van der Waals surface area (Å²) >= 11 is 0. The Labute approximate surface area is 182 Å². The molecular formula is C27H28O4. The average Bonchev–Trinajstić information content (AvgIpc) is 2.76. The molecular weight excluding hydrogens is 388 g/mol. The molecule has 0 aromatic heterocycles. The van der Waals surface area contributed by atoms with E-state index in [1.807, 2.05) is 18.2 Å². The number of hydrogen-bond acceptors (Lipinski definition) is 3. The van der Waals surface area contributed by atoms with Gasteiger partial charge in [-0.05, 0) is 103 Å². The maximum atomic E-state index is 11.9. The summed E-state index contributed by atoms with van der Waals surface area (Å²) in [6, 6.07) is 11.8. The summed E-state index contributed by atoms with van der Waals surface area (Å²) in [4.78, 5) is 22.7.